The third-order valence-electron chi connectivity index (χ3n) is 4.77. The predicted octanol–water partition coefficient (Wildman–Crippen LogP) is 6.56. The lowest BCUT2D eigenvalue weighted by molar-refractivity contribution is -0.137. The van der Waals surface area contributed by atoms with Gasteiger partial charge in [0.15, 0.2) is 0 Å². The Hall–Kier alpha value is -0.990. The molecule has 0 amide bonds. The summed E-state index contributed by atoms with van der Waals surface area (Å²) in [5, 5.41) is 0. The molecule has 0 N–H and O–H groups in total. The van der Waals surface area contributed by atoms with Gasteiger partial charge in [0, 0.05) is 0 Å². The second-order valence-electron chi connectivity index (χ2n) is 6.33. The van der Waals surface area contributed by atoms with Gasteiger partial charge < -0.3 is 0 Å². The third kappa shape index (κ3) is 4.76. The number of benzene rings is 1. The first-order chi connectivity index (χ1) is 10.0. The Morgan fingerprint density at radius 3 is 2.10 bits per heavy atom. The molecule has 118 valence electrons. The van der Waals surface area contributed by atoms with Crippen LogP contribution < -0.4 is 0 Å². The minimum atomic E-state index is -4.23. The Morgan fingerprint density at radius 1 is 0.952 bits per heavy atom. The van der Waals surface area contributed by atoms with Crippen LogP contribution in [0.4, 0.5) is 13.2 Å². The van der Waals surface area contributed by atoms with Crippen LogP contribution in [0.3, 0.4) is 0 Å². The molecule has 21 heavy (non-hydrogen) atoms. The molecular formula is C18H25F3. The van der Waals surface area contributed by atoms with E-state index in [1.54, 1.807) is 12.1 Å². The smallest absolute Gasteiger partial charge is 0.166 e. The van der Waals surface area contributed by atoms with Gasteiger partial charge in [0.25, 0.3) is 0 Å². The van der Waals surface area contributed by atoms with Crippen LogP contribution in [-0.2, 0) is 6.18 Å². The monoisotopic (exact) mass is 298 g/mol. The van der Waals surface area contributed by atoms with E-state index in [1.165, 1.54) is 50.7 Å². The summed E-state index contributed by atoms with van der Waals surface area (Å²) in [5.41, 5.74) is 0.537. The van der Waals surface area contributed by atoms with Crippen LogP contribution >= 0.6 is 0 Å². The van der Waals surface area contributed by atoms with Gasteiger partial charge in [-0.25, -0.2) is 0 Å². The summed E-state index contributed by atoms with van der Waals surface area (Å²) >= 11 is 0. The van der Waals surface area contributed by atoms with E-state index in [0.29, 0.717) is 5.92 Å². The fourth-order valence-electron chi connectivity index (χ4n) is 3.41. The van der Waals surface area contributed by atoms with Crippen molar-refractivity contribution in [2.24, 2.45) is 5.92 Å². The van der Waals surface area contributed by atoms with Crippen LogP contribution in [0, 0.1) is 5.92 Å². The van der Waals surface area contributed by atoms with Crippen molar-refractivity contribution < 1.29 is 13.2 Å². The summed E-state index contributed by atoms with van der Waals surface area (Å²) in [5.74, 6) is 1.29. The average Bonchev–Trinajstić information content (AvgIpc) is 2.48. The van der Waals surface area contributed by atoms with Crippen LogP contribution in [0.1, 0.15) is 75.3 Å². The average molecular weight is 298 g/mol. The Labute approximate surface area is 125 Å². The highest BCUT2D eigenvalue weighted by atomic mass is 19.4. The molecule has 0 nitrogen and oxygen atoms in total. The number of hydrogen-bond donors (Lipinski definition) is 0. The molecule has 3 heteroatoms. The highest BCUT2D eigenvalue weighted by Gasteiger charge is 2.30. The largest absolute Gasteiger partial charge is 0.416 e. The summed E-state index contributed by atoms with van der Waals surface area (Å²) in [6.07, 6.45) is 5.73. The molecule has 0 aromatic heterocycles. The first-order valence-corrected chi connectivity index (χ1v) is 8.18. The van der Waals surface area contributed by atoms with Crippen molar-refractivity contribution in [2.75, 3.05) is 0 Å². The molecule has 1 saturated carbocycles. The molecule has 0 atom stereocenters. The number of rotatable bonds is 5. The Kier molecular flexibility index (Phi) is 5.72. The molecule has 0 bridgehead atoms. The second kappa shape index (κ2) is 7.33. The van der Waals surface area contributed by atoms with Gasteiger partial charge >= 0.3 is 6.18 Å². The number of unbranched alkanes of at least 4 members (excludes halogenated alkanes) is 2. The molecular weight excluding hydrogens is 273 g/mol. The maximum Gasteiger partial charge on any atom is 0.416 e. The van der Waals surface area contributed by atoms with Gasteiger partial charge in [-0.2, -0.15) is 13.2 Å². The van der Waals surface area contributed by atoms with E-state index in [9.17, 15) is 13.2 Å². The zero-order valence-corrected chi connectivity index (χ0v) is 12.8. The molecule has 1 aromatic rings. The van der Waals surface area contributed by atoms with E-state index < -0.39 is 11.7 Å². The van der Waals surface area contributed by atoms with Gasteiger partial charge in [-0.3, -0.25) is 0 Å². The lowest BCUT2D eigenvalue weighted by Gasteiger charge is -2.29. The van der Waals surface area contributed by atoms with Crippen LogP contribution in [0.2, 0.25) is 0 Å². The molecule has 0 spiro atoms. The molecule has 0 radical (unpaired) electrons. The van der Waals surface area contributed by atoms with E-state index in [-0.39, 0.29) is 0 Å². The van der Waals surface area contributed by atoms with E-state index >= 15 is 0 Å². The van der Waals surface area contributed by atoms with E-state index in [4.69, 9.17) is 0 Å². The molecule has 1 aliphatic rings. The molecule has 0 aliphatic heterocycles. The lowest BCUT2D eigenvalue weighted by atomic mass is 9.77. The van der Waals surface area contributed by atoms with Crippen molar-refractivity contribution in [3.05, 3.63) is 35.4 Å². The highest BCUT2D eigenvalue weighted by molar-refractivity contribution is 5.27. The maximum absolute atomic E-state index is 12.6. The third-order valence-corrected chi connectivity index (χ3v) is 4.77. The Morgan fingerprint density at radius 2 is 1.57 bits per heavy atom. The molecule has 0 unspecified atom stereocenters. The SMILES string of the molecule is CCCCCC1CCC(c2ccc(C(F)(F)F)cc2)CC1. The first kappa shape index (κ1) is 16.4. The van der Waals surface area contributed by atoms with Crippen LogP contribution in [0.15, 0.2) is 24.3 Å². The van der Waals surface area contributed by atoms with Crippen LogP contribution in [0.25, 0.3) is 0 Å². The molecule has 1 aliphatic carbocycles. The van der Waals surface area contributed by atoms with Crippen molar-refractivity contribution in [3.8, 4) is 0 Å². The van der Waals surface area contributed by atoms with Crippen LogP contribution in [-0.4, -0.2) is 0 Å². The Balaban J connectivity index is 1.85. The van der Waals surface area contributed by atoms with Crippen molar-refractivity contribution in [3.63, 3.8) is 0 Å². The zero-order valence-electron chi connectivity index (χ0n) is 12.8. The quantitative estimate of drug-likeness (QED) is 0.540. The lowest BCUT2D eigenvalue weighted by Crippen LogP contribution is -2.13. The standard InChI is InChI=1S/C18H25F3/c1-2-3-4-5-14-6-8-15(9-7-14)16-10-12-17(13-11-16)18(19,20)21/h10-15H,2-9H2,1H3. The summed E-state index contributed by atoms with van der Waals surface area (Å²) in [4.78, 5) is 0. The minimum absolute atomic E-state index is 0.453. The van der Waals surface area contributed by atoms with E-state index in [2.05, 4.69) is 6.92 Å². The summed E-state index contributed by atoms with van der Waals surface area (Å²) in [6.45, 7) is 2.22. The Bertz CT molecular complexity index is 411. The summed E-state index contributed by atoms with van der Waals surface area (Å²) in [6, 6.07) is 5.79. The molecule has 2 rings (SSSR count). The van der Waals surface area contributed by atoms with Crippen molar-refractivity contribution in [2.45, 2.75) is 70.4 Å². The fourth-order valence-corrected chi connectivity index (χ4v) is 3.41. The predicted molar refractivity (Wildman–Crippen MR) is 80.3 cm³/mol. The van der Waals surface area contributed by atoms with Crippen molar-refractivity contribution >= 4 is 0 Å². The molecule has 0 saturated heterocycles. The highest BCUT2D eigenvalue weighted by Crippen LogP contribution is 2.38. The van der Waals surface area contributed by atoms with Gasteiger partial charge in [0.1, 0.15) is 0 Å². The van der Waals surface area contributed by atoms with Gasteiger partial charge in [0.2, 0.25) is 0 Å². The van der Waals surface area contributed by atoms with Crippen LogP contribution in [0.5, 0.6) is 0 Å². The van der Waals surface area contributed by atoms with E-state index in [0.717, 1.165) is 24.3 Å². The van der Waals surface area contributed by atoms with Crippen molar-refractivity contribution in [1.29, 1.82) is 0 Å². The number of halogens is 3. The maximum atomic E-state index is 12.6. The molecule has 1 fully saturated rings. The van der Waals surface area contributed by atoms with Gasteiger partial charge in [-0.1, -0.05) is 44.7 Å². The first-order valence-electron chi connectivity index (χ1n) is 8.18. The topological polar surface area (TPSA) is 0 Å². The summed E-state index contributed by atoms with van der Waals surface area (Å²) < 4.78 is 37.7. The van der Waals surface area contributed by atoms with E-state index in [1.807, 2.05) is 0 Å². The van der Waals surface area contributed by atoms with Gasteiger partial charge in [0.05, 0.1) is 5.56 Å². The number of alkyl halides is 3. The normalized spacial score (nSPS) is 23.2. The molecule has 1 aromatic carbocycles. The van der Waals surface area contributed by atoms with Gasteiger partial charge in [-0.15, -0.1) is 0 Å². The fraction of sp³-hybridized carbons (Fsp3) is 0.667. The number of hydrogen-bond acceptors (Lipinski definition) is 0. The summed E-state index contributed by atoms with van der Waals surface area (Å²) in [7, 11) is 0. The van der Waals surface area contributed by atoms with Crippen molar-refractivity contribution in [1.82, 2.24) is 0 Å². The second-order valence-corrected chi connectivity index (χ2v) is 6.33. The van der Waals surface area contributed by atoms with Gasteiger partial charge in [-0.05, 0) is 55.2 Å². The molecule has 0 heterocycles. The zero-order chi connectivity index (χ0) is 15.3. The minimum Gasteiger partial charge on any atom is -0.166 e.